The number of carboxylic acid groups (broad SMARTS) is 1. The zero-order valence-corrected chi connectivity index (χ0v) is 14.4. The molecule has 0 spiro atoms. The third kappa shape index (κ3) is 3.39. The second-order valence-corrected chi connectivity index (χ2v) is 6.67. The molecule has 1 aliphatic rings. The second-order valence-electron chi connectivity index (χ2n) is 5.55. The van der Waals surface area contributed by atoms with Gasteiger partial charge in [0, 0.05) is 11.7 Å². The molecule has 1 heterocycles. The quantitative estimate of drug-likeness (QED) is 0.888. The summed E-state index contributed by atoms with van der Waals surface area (Å²) in [5.41, 5.74) is 0.824. The Morgan fingerprint density at radius 3 is 2.43 bits per heavy atom. The number of carboxylic acids is 1. The van der Waals surface area contributed by atoms with E-state index in [1.807, 2.05) is 6.07 Å². The van der Waals surface area contributed by atoms with Crippen molar-refractivity contribution in [2.24, 2.45) is 5.92 Å². The molecule has 7 heteroatoms. The van der Waals surface area contributed by atoms with Crippen LogP contribution in [0, 0.1) is 5.92 Å². The Balaban J connectivity index is 2.40. The summed E-state index contributed by atoms with van der Waals surface area (Å²) in [4.78, 5) is 25.5. The highest BCUT2D eigenvalue weighted by atomic mass is 32.2. The molecule has 1 aromatic carbocycles. The van der Waals surface area contributed by atoms with Gasteiger partial charge < -0.3 is 19.5 Å². The number of nitrogens with zero attached hydrogens (tertiary/aromatic N) is 1. The standard InChI is InChI=1S/C16H21NO5S/c1-9(2)14(18)17-11(16(19)20)8-23-15(17)10-5-6-12(21-3)13(7-10)22-4/h5-7,9,11,15H,8H2,1-4H3,(H,19,20)/t11-,15+/m1/s1. The van der Waals surface area contributed by atoms with Crippen molar-refractivity contribution in [3.05, 3.63) is 23.8 Å². The normalized spacial score (nSPS) is 20.7. The number of thioether (sulfide) groups is 1. The Labute approximate surface area is 139 Å². The van der Waals surface area contributed by atoms with Crippen molar-refractivity contribution in [1.29, 1.82) is 0 Å². The summed E-state index contributed by atoms with van der Waals surface area (Å²) in [5, 5.41) is 9.07. The first-order valence-corrected chi connectivity index (χ1v) is 8.34. The highest BCUT2D eigenvalue weighted by Gasteiger charge is 2.43. The highest BCUT2D eigenvalue weighted by Crippen LogP contribution is 2.44. The van der Waals surface area contributed by atoms with Crippen LogP contribution in [-0.4, -0.2) is 47.9 Å². The molecule has 1 amide bonds. The van der Waals surface area contributed by atoms with E-state index < -0.39 is 12.0 Å². The van der Waals surface area contributed by atoms with Gasteiger partial charge in [0.1, 0.15) is 11.4 Å². The number of carbonyl (C=O) groups is 2. The largest absolute Gasteiger partial charge is 0.493 e. The van der Waals surface area contributed by atoms with Crippen molar-refractivity contribution in [2.75, 3.05) is 20.0 Å². The Morgan fingerprint density at radius 2 is 1.91 bits per heavy atom. The number of benzene rings is 1. The molecule has 0 aromatic heterocycles. The van der Waals surface area contributed by atoms with E-state index in [2.05, 4.69) is 0 Å². The van der Waals surface area contributed by atoms with Gasteiger partial charge in [0.25, 0.3) is 0 Å². The van der Waals surface area contributed by atoms with E-state index in [0.29, 0.717) is 17.3 Å². The van der Waals surface area contributed by atoms with E-state index in [9.17, 15) is 14.7 Å². The van der Waals surface area contributed by atoms with Crippen LogP contribution in [0.2, 0.25) is 0 Å². The van der Waals surface area contributed by atoms with Crippen molar-refractivity contribution in [2.45, 2.75) is 25.3 Å². The summed E-state index contributed by atoms with van der Waals surface area (Å²) in [6.07, 6.45) is 0. The highest BCUT2D eigenvalue weighted by molar-refractivity contribution is 7.99. The van der Waals surface area contributed by atoms with Gasteiger partial charge in [0.2, 0.25) is 5.91 Å². The minimum atomic E-state index is -0.977. The van der Waals surface area contributed by atoms with Gasteiger partial charge >= 0.3 is 5.97 Å². The van der Waals surface area contributed by atoms with E-state index in [-0.39, 0.29) is 17.2 Å². The molecule has 0 radical (unpaired) electrons. The van der Waals surface area contributed by atoms with Gasteiger partial charge in [-0.2, -0.15) is 0 Å². The van der Waals surface area contributed by atoms with Crippen molar-refractivity contribution >= 4 is 23.6 Å². The lowest BCUT2D eigenvalue weighted by Crippen LogP contribution is -2.44. The van der Waals surface area contributed by atoms with E-state index >= 15 is 0 Å². The average molecular weight is 339 g/mol. The van der Waals surface area contributed by atoms with Gasteiger partial charge in [0.05, 0.1) is 14.2 Å². The maximum atomic E-state index is 12.5. The Hall–Kier alpha value is -1.89. The third-order valence-corrected chi connectivity index (χ3v) is 5.05. The fourth-order valence-corrected chi connectivity index (χ4v) is 3.95. The molecule has 1 fully saturated rings. The van der Waals surface area contributed by atoms with Crippen molar-refractivity contribution in [1.82, 2.24) is 4.90 Å². The van der Waals surface area contributed by atoms with E-state index in [1.54, 1.807) is 40.2 Å². The Bertz CT molecular complexity index is 604. The van der Waals surface area contributed by atoms with Crippen LogP contribution in [0.3, 0.4) is 0 Å². The Morgan fingerprint density at radius 1 is 1.26 bits per heavy atom. The third-order valence-electron chi connectivity index (χ3n) is 3.73. The van der Waals surface area contributed by atoms with Crippen LogP contribution in [0.25, 0.3) is 0 Å². The van der Waals surface area contributed by atoms with E-state index in [0.717, 1.165) is 5.56 Å². The molecule has 0 unspecified atom stereocenters. The lowest BCUT2D eigenvalue weighted by molar-refractivity contribution is -0.150. The number of hydrogen-bond acceptors (Lipinski definition) is 5. The van der Waals surface area contributed by atoms with E-state index in [1.165, 1.54) is 16.7 Å². The number of amides is 1. The molecule has 2 rings (SSSR count). The fraction of sp³-hybridized carbons (Fsp3) is 0.500. The molecule has 2 atom stereocenters. The first-order valence-electron chi connectivity index (χ1n) is 7.29. The van der Waals surface area contributed by atoms with E-state index in [4.69, 9.17) is 9.47 Å². The summed E-state index contributed by atoms with van der Waals surface area (Å²) in [6.45, 7) is 3.55. The average Bonchev–Trinajstić information content (AvgIpc) is 2.98. The summed E-state index contributed by atoms with van der Waals surface area (Å²) < 4.78 is 10.5. The topological polar surface area (TPSA) is 76.1 Å². The molecule has 0 bridgehead atoms. The van der Waals surface area contributed by atoms with Gasteiger partial charge in [-0.05, 0) is 17.7 Å². The van der Waals surface area contributed by atoms with Crippen LogP contribution in [0.15, 0.2) is 18.2 Å². The maximum Gasteiger partial charge on any atom is 0.327 e. The van der Waals surface area contributed by atoms with Crippen molar-refractivity contribution < 1.29 is 24.2 Å². The zero-order chi connectivity index (χ0) is 17.1. The first kappa shape index (κ1) is 17.5. The first-order chi connectivity index (χ1) is 10.9. The molecule has 0 saturated carbocycles. The summed E-state index contributed by atoms with van der Waals surface area (Å²) in [6, 6.07) is 4.58. The minimum absolute atomic E-state index is 0.165. The summed E-state index contributed by atoms with van der Waals surface area (Å²) >= 11 is 1.45. The zero-order valence-electron chi connectivity index (χ0n) is 13.6. The number of aliphatic carboxylic acids is 1. The molecule has 0 aliphatic carbocycles. The van der Waals surface area contributed by atoms with Crippen LogP contribution in [0.5, 0.6) is 11.5 Å². The van der Waals surface area contributed by atoms with Crippen LogP contribution in [0.4, 0.5) is 0 Å². The fourth-order valence-electron chi connectivity index (χ4n) is 2.53. The summed E-state index contributed by atoms with van der Waals surface area (Å²) in [5.74, 6) is 0.110. The number of carbonyl (C=O) groups excluding carboxylic acids is 1. The van der Waals surface area contributed by atoms with Crippen molar-refractivity contribution in [3.63, 3.8) is 0 Å². The lowest BCUT2D eigenvalue weighted by Gasteiger charge is -2.29. The molecule has 23 heavy (non-hydrogen) atoms. The molecule has 1 aromatic rings. The van der Waals surface area contributed by atoms with Crippen LogP contribution in [-0.2, 0) is 9.59 Å². The monoisotopic (exact) mass is 339 g/mol. The molecular formula is C16H21NO5S. The van der Waals surface area contributed by atoms with Crippen molar-refractivity contribution in [3.8, 4) is 11.5 Å². The minimum Gasteiger partial charge on any atom is -0.493 e. The molecule has 1 saturated heterocycles. The predicted octanol–water partition coefficient (Wildman–Crippen LogP) is 2.39. The lowest BCUT2D eigenvalue weighted by atomic mass is 10.1. The SMILES string of the molecule is COc1ccc([C@@H]2SC[C@H](C(=O)O)N2C(=O)C(C)C)cc1OC. The summed E-state index contributed by atoms with van der Waals surface area (Å²) in [7, 11) is 3.09. The second kappa shape index (κ2) is 7.12. The number of rotatable bonds is 5. The molecule has 1 aliphatic heterocycles. The van der Waals surface area contributed by atoms with Gasteiger partial charge in [0.15, 0.2) is 11.5 Å². The van der Waals surface area contributed by atoms with Gasteiger partial charge in [-0.15, -0.1) is 11.8 Å². The Kier molecular flexibility index (Phi) is 5.41. The smallest absolute Gasteiger partial charge is 0.327 e. The number of ether oxygens (including phenoxy) is 2. The maximum absolute atomic E-state index is 12.5. The van der Waals surface area contributed by atoms with Crippen LogP contribution < -0.4 is 9.47 Å². The molecular weight excluding hydrogens is 318 g/mol. The van der Waals surface area contributed by atoms with Crippen LogP contribution >= 0.6 is 11.8 Å². The molecule has 126 valence electrons. The molecule has 1 N–H and O–H groups in total. The number of methoxy groups -OCH3 is 2. The van der Waals surface area contributed by atoms with Gasteiger partial charge in [-0.25, -0.2) is 4.79 Å². The van der Waals surface area contributed by atoms with Crippen LogP contribution in [0.1, 0.15) is 24.8 Å². The number of hydrogen-bond donors (Lipinski definition) is 1. The molecule has 6 nitrogen and oxygen atoms in total. The van der Waals surface area contributed by atoms with Gasteiger partial charge in [-0.1, -0.05) is 19.9 Å². The van der Waals surface area contributed by atoms with Gasteiger partial charge in [-0.3, -0.25) is 4.79 Å². The predicted molar refractivity (Wildman–Crippen MR) is 87.9 cm³/mol.